The van der Waals surface area contributed by atoms with Gasteiger partial charge in [0, 0.05) is 16.0 Å². The third-order valence-electron chi connectivity index (χ3n) is 1.60. The fraction of sp³-hybridized carbons (Fsp3) is 0.364. The molecule has 14 heavy (non-hydrogen) atoms. The van der Waals surface area contributed by atoms with Gasteiger partial charge in [-0.05, 0) is 39.0 Å². The number of carbonyl (C=O) groups excluding carboxylic acids is 1. The van der Waals surface area contributed by atoms with Crippen molar-refractivity contribution in [1.29, 1.82) is 0 Å². The topological polar surface area (TPSA) is 29.1 Å². The van der Waals surface area contributed by atoms with Crippen LogP contribution < -0.4 is 5.32 Å². The molecule has 1 N–H and O–H groups in total. The highest BCUT2D eigenvalue weighted by atomic mass is 32.1. The van der Waals surface area contributed by atoms with Crippen LogP contribution >= 0.6 is 12.6 Å². The van der Waals surface area contributed by atoms with E-state index < -0.39 is 0 Å². The van der Waals surface area contributed by atoms with Crippen LogP contribution in [-0.2, 0) is 0 Å². The Morgan fingerprint density at radius 2 is 2.00 bits per heavy atom. The average Bonchev–Trinajstić information content (AvgIpc) is 2.01. The van der Waals surface area contributed by atoms with Gasteiger partial charge in [-0.15, -0.1) is 12.6 Å². The van der Waals surface area contributed by atoms with Crippen molar-refractivity contribution < 1.29 is 4.79 Å². The summed E-state index contributed by atoms with van der Waals surface area (Å²) in [5, 5.41) is 2.89. The zero-order chi connectivity index (χ0) is 10.8. The normalized spacial score (nSPS) is 11.1. The highest BCUT2D eigenvalue weighted by molar-refractivity contribution is 7.80. The predicted molar refractivity (Wildman–Crippen MR) is 60.9 cm³/mol. The molecule has 0 aliphatic heterocycles. The Morgan fingerprint density at radius 1 is 1.36 bits per heavy atom. The lowest BCUT2D eigenvalue weighted by Gasteiger charge is -2.20. The minimum Gasteiger partial charge on any atom is -0.347 e. The SMILES string of the molecule is CC(C)(C)NC(=O)c1cccc(S)c1. The molecule has 1 aromatic rings. The fourth-order valence-electron chi connectivity index (χ4n) is 1.06. The van der Waals surface area contributed by atoms with Crippen LogP contribution in [0.5, 0.6) is 0 Å². The minimum absolute atomic E-state index is 0.0617. The van der Waals surface area contributed by atoms with E-state index in [0.29, 0.717) is 5.56 Å². The molecule has 0 aliphatic rings. The maximum absolute atomic E-state index is 11.7. The first kappa shape index (κ1) is 11.1. The minimum atomic E-state index is -0.205. The summed E-state index contributed by atoms with van der Waals surface area (Å²) in [7, 11) is 0. The summed E-state index contributed by atoms with van der Waals surface area (Å²) < 4.78 is 0. The van der Waals surface area contributed by atoms with Crippen molar-refractivity contribution in [3.63, 3.8) is 0 Å². The number of thiol groups is 1. The second kappa shape index (κ2) is 4.05. The maximum Gasteiger partial charge on any atom is 0.251 e. The van der Waals surface area contributed by atoms with E-state index in [4.69, 9.17) is 0 Å². The van der Waals surface area contributed by atoms with Crippen LogP contribution in [0.15, 0.2) is 29.2 Å². The lowest BCUT2D eigenvalue weighted by molar-refractivity contribution is 0.0919. The molecule has 0 atom stereocenters. The lowest BCUT2D eigenvalue weighted by atomic mass is 10.1. The van der Waals surface area contributed by atoms with Crippen molar-refractivity contribution in [1.82, 2.24) is 5.32 Å². The summed E-state index contributed by atoms with van der Waals surface area (Å²) in [6.07, 6.45) is 0. The van der Waals surface area contributed by atoms with Gasteiger partial charge in [0.15, 0.2) is 0 Å². The van der Waals surface area contributed by atoms with E-state index >= 15 is 0 Å². The summed E-state index contributed by atoms with van der Waals surface area (Å²) in [6, 6.07) is 7.20. The summed E-state index contributed by atoms with van der Waals surface area (Å²) in [6.45, 7) is 5.86. The molecule has 0 spiro atoms. The van der Waals surface area contributed by atoms with Crippen LogP contribution in [0.25, 0.3) is 0 Å². The van der Waals surface area contributed by atoms with Crippen LogP contribution in [-0.4, -0.2) is 11.4 Å². The molecule has 0 bridgehead atoms. The maximum atomic E-state index is 11.7. The molecule has 0 fully saturated rings. The van der Waals surface area contributed by atoms with Crippen molar-refractivity contribution in [2.24, 2.45) is 0 Å². The molecule has 3 heteroatoms. The Balaban J connectivity index is 2.80. The van der Waals surface area contributed by atoms with Gasteiger partial charge < -0.3 is 5.32 Å². The molecule has 1 aromatic carbocycles. The molecule has 2 nitrogen and oxygen atoms in total. The van der Waals surface area contributed by atoms with Gasteiger partial charge in [0.25, 0.3) is 5.91 Å². The fourth-order valence-corrected chi connectivity index (χ4v) is 1.29. The van der Waals surface area contributed by atoms with Gasteiger partial charge >= 0.3 is 0 Å². The summed E-state index contributed by atoms with van der Waals surface area (Å²) in [5.74, 6) is -0.0617. The number of hydrogen-bond donors (Lipinski definition) is 2. The van der Waals surface area contributed by atoms with E-state index in [2.05, 4.69) is 17.9 Å². The van der Waals surface area contributed by atoms with Gasteiger partial charge in [0.2, 0.25) is 0 Å². The van der Waals surface area contributed by atoms with Gasteiger partial charge in [-0.25, -0.2) is 0 Å². The predicted octanol–water partition coefficient (Wildman–Crippen LogP) is 2.50. The Kier molecular flexibility index (Phi) is 3.21. The summed E-state index contributed by atoms with van der Waals surface area (Å²) in [4.78, 5) is 12.5. The first-order valence-electron chi connectivity index (χ1n) is 4.50. The molecule has 0 saturated carbocycles. The summed E-state index contributed by atoms with van der Waals surface area (Å²) >= 11 is 4.18. The zero-order valence-electron chi connectivity index (χ0n) is 8.66. The van der Waals surface area contributed by atoms with Crippen molar-refractivity contribution in [2.45, 2.75) is 31.2 Å². The first-order valence-corrected chi connectivity index (χ1v) is 4.95. The standard InChI is InChI=1S/C11H15NOS/c1-11(2,3)12-10(13)8-5-4-6-9(14)7-8/h4-7,14H,1-3H3,(H,12,13). The smallest absolute Gasteiger partial charge is 0.251 e. The van der Waals surface area contributed by atoms with Crippen molar-refractivity contribution in [3.05, 3.63) is 29.8 Å². The van der Waals surface area contributed by atoms with Crippen molar-refractivity contribution in [2.75, 3.05) is 0 Å². The van der Waals surface area contributed by atoms with Crippen LogP contribution in [0.1, 0.15) is 31.1 Å². The molecule has 1 amide bonds. The molecule has 0 unspecified atom stereocenters. The first-order chi connectivity index (χ1) is 6.38. The molecule has 1 rings (SSSR count). The van der Waals surface area contributed by atoms with E-state index in [1.807, 2.05) is 32.9 Å². The van der Waals surface area contributed by atoms with Crippen molar-refractivity contribution in [3.8, 4) is 0 Å². The molecule has 0 heterocycles. The number of rotatable bonds is 1. The van der Waals surface area contributed by atoms with E-state index in [0.717, 1.165) is 4.90 Å². The van der Waals surface area contributed by atoms with E-state index in [-0.39, 0.29) is 11.4 Å². The molecular formula is C11H15NOS. The second-order valence-corrected chi connectivity index (χ2v) is 4.77. The van der Waals surface area contributed by atoms with Crippen molar-refractivity contribution >= 4 is 18.5 Å². The van der Waals surface area contributed by atoms with Gasteiger partial charge in [-0.2, -0.15) is 0 Å². The van der Waals surface area contributed by atoms with Crippen LogP contribution in [0, 0.1) is 0 Å². The number of carbonyl (C=O) groups is 1. The number of benzene rings is 1. The molecule has 0 aromatic heterocycles. The average molecular weight is 209 g/mol. The van der Waals surface area contributed by atoms with E-state index in [1.54, 1.807) is 12.1 Å². The largest absolute Gasteiger partial charge is 0.347 e. The highest BCUT2D eigenvalue weighted by Gasteiger charge is 2.14. The number of amides is 1. The Labute approximate surface area is 90.1 Å². The van der Waals surface area contributed by atoms with Gasteiger partial charge in [0.05, 0.1) is 0 Å². The van der Waals surface area contributed by atoms with Crippen LogP contribution in [0.2, 0.25) is 0 Å². The third kappa shape index (κ3) is 3.42. The zero-order valence-corrected chi connectivity index (χ0v) is 9.56. The summed E-state index contributed by atoms with van der Waals surface area (Å²) in [5.41, 5.74) is 0.441. The lowest BCUT2D eigenvalue weighted by Crippen LogP contribution is -2.40. The quantitative estimate of drug-likeness (QED) is 0.684. The van der Waals surface area contributed by atoms with Gasteiger partial charge in [-0.1, -0.05) is 6.07 Å². The molecule has 0 radical (unpaired) electrons. The molecule has 0 saturated heterocycles. The van der Waals surface area contributed by atoms with E-state index in [1.165, 1.54) is 0 Å². The van der Waals surface area contributed by atoms with Gasteiger partial charge in [0.1, 0.15) is 0 Å². The Morgan fingerprint density at radius 3 is 2.50 bits per heavy atom. The highest BCUT2D eigenvalue weighted by Crippen LogP contribution is 2.10. The molecule has 76 valence electrons. The van der Waals surface area contributed by atoms with E-state index in [9.17, 15) is 4.79 Å². The number of nitrogens with one attached hydrogen (secondary N) is 1. The second-order valence-electron chi connectivity index (χ2n) is 4.25. The van der Waals surface area contributed by atoms with Gasteiger partial charge in [-0.3, -0.25) is 4.79 Å². The monoisotopic (exact) mass is 209 g/mol. The number of hydrogen-bond acceptors (Lipinski definition) is 2. The third-order valence-corrected chi connectivity index (χ3v) is 1.88. The Bertz CT molecular complexity index is 341. The Hall–Kier alpha value is -0.960. The molecule has 0 aliphatic carbocycles. The van der Waals surface area contributed by atoms with Crippen LogP contribution in [0.4, 0.5) is 0 Å². The van der Waals surface area contributed by atoms with Crippen LogP contribution in [0.3, 0.4) is 0 Å². The molecular weight excluding hydrogens is 194 g/mol.